The van der Waals surface area contributed by atoms with Crippen molar-refractivity contribution in [1.29, 1.82) is 0 Å². The molecule has 0 aromatic carbocycles. The Morgan fingerprint density at radius 1 is 0.939 bits per heavy atom. The minimum absolute atomic E-state index is 0.313. The SMILES string of the molecule is Clc1ncnc2c1CC(N1CCOCC1)=N2.NC(=Nc1ncnc(Cl)c1Br)N1CCOCC1. The number of nitrogens with zero attached hydrogens (tertiary/aromatic N) is 8. The van der Waals surface area contributed by atoms with E-state index < -0.39 is 0 Å². The van der Waals surface area contributed by atoms with Gasteiger partial charge in [0.25, 0.3) is 0 Å². The lowest BCUT2D eigenvalue weighted by Crippen LogP contribution is -2.44. The Balaban J connectivity index is 0.000000157. The van der Waals surface area contributed by atoms with Gasteiger partial charge in [-0.15, -0.1) is 0 Å². The summed E-state index contributed by atoms with van der Waals surface area (Å²) >= 11 is 15.1. The van der Waals surface area contributed by atoms with Crippen LogP contribution in [-0.2, 0) is 15.9 Å². The highest BCUT2D eigenvalue weighted by Gasteiger charge is 2.24. The predicted octanol–water partition coefficient (Wildman–Crippen LogP) is 2.22. The molecule has 0 saturated carbocycles. The van der Waals surface area contributed by atoms with Crippen molar-refractivity contribution in [3.8, 4) is 0 Å². The molecule has 5 heterocycles. The average molecular weight is 559 g/mol. The maximum Gasteiger partial charge on any atom is 0.198 e. The lowest BCUT2D eigenvalue weighted by atomic mass is 10.2. The summed E-state index contributed by atoms with van der Waals surface area (Å²) in [5, 5.41) is 0.825. The summed E-state index contributed by atoms with van der Waals surface area (Å²) in [5.41, 5.74) is 6.83. The second-order valence-corrected chi connectivity index (χ2v) is 8.65. The molecule has 0 atom stereocenters. The highest BCUT2D eigenvalue weighted by molar-refractivity contribution is 9.10. The first-order valence-corrected chi connectivity index (χ1v) is 11.8. The van der Waals surface area contributed by atoms with Crippen LogP contribution < -0.4 is 5.73 Å². The fourth-order valence-corrected chi connectivity index (χ4v) is 3.96. The summed E-state index contributed by atoms with van der Waals surface area (Å²) in [5.74, 6) is 2.57. The summed E-state index contributed by atoms with van der Waals surface area (Å²) in [6.07, 6.45) is 3.53. The van der Waals surface area contributed by atoms with Gasteiger partial charge in [-0.3, -0.25) is 0 Å². The number of morpholine rings is 2. The third-order valence-electron chi connectivity index (χ3n) is 5.10. The summed E-state index contributed by atoms with van der Waals surface area (Å²) in [7, 11) is 0. The highest BCUT2D eigenvalue weighted by Crippen LogP contribution is 2.30. The van der Waals surface area contributed by atoms with Crippen molar-refractivity contribution in [3.05, 3.63) is 33.0 Å². The van der Waals surface area contributed by atoms with Gasteiger partial charge < -0.3 is 25.0 Å². The molecule has 2 fully saturated rings. The van der Waals surface area contributed by atoms with E-state index in [0.29, 0.717) is 45.6 Å². The van der Waals surface area contributed by atoms with Crippen LogP contribution in [0.25, 0.3) is 0 Å². The van der Waals surface area contributed by atoms with E-state index in [-0.39, 0.29) is 0 Å². The predicted molar refractivity (Wildman–Crippen MR) is 129 cm³/mol. The fraction of sp³-hybridized carbons (Fsp3) is 0.474. The van der Waals surface area contributed by atoms with E-state index in [4.69, 9.17) is 38.4 Å². The molecule has 33 heavy (non-hydrogen) atoms. The van der Waals surface area contributed by atoms with E-state index in [0.717, 1.165) is 57.2 Å². The summed E-state index contributed by atoms with van der Waals surface area (Å²) < 4.78 is 11.1. The van der Waals surface area contributed by atoms with Crippen molar-refractivity contribution < 1.29 is 9.47 Å². The van der Waals surface area contributed by atoms with Crippen LogP contribution in [0.2, 0.25) is 10.3 Å². The number of hydrogen-bond donors (Lipinski definition) is 1. The largest absolute Gasteiger partial charge is 0.378 e. The molecule has 176 valence electrons. The van der Waals surface area contributed by atoms with Crippen LogP contribution in [0.15, 0.2) is 27.1 Å². The number of fused-ring (bicyclic) bond motifs is 1. The van der Waals surface area contributed by atoms with Gasteiger partial charge in [0, 0.05) is 38.2 Å². The Bertz CT molecular complexity index is 1040. The number of hydrogen-bond acceptors (Lipinski definition) is 9. The third-order valence-corrected chi connectivity index (χ3v) is 6.67. The first-order valence-electron chi connectivity index (χ1n) is 10.3. The zero-order valence-corrected chi connectivity index (χ0v) is 20.7. The smallest absolute Gasteiger partial charge is 0.198 e. The highest BCUT2D eigenvalue weighted by atomic mass is 79.9. The molecular formula is C19H22BrCl2N9O2. The van der Waals surface area contributed by atoms with E-state index in [1.54, 1.807) is 0 Å². The van der Waals surface area contributed by atoms with Crippen molar-refractivity contribution in [3.63, 3.8) is 0 Å². The van der Waals surface area contributed by atoms with Gasteiger partial charge in [-0.2, -0.15) is 4.99 Å². The molecule has 0 aliphatic carbocycles. The number of guanidine groups is 1. The topological polar surface area (TPSA) is 127 Å². The van der Waals surface area contributed by atoms with Crippen LogP contribution in [0.3, 0.4) is 0 Å². The van der Waals surface area contributed by atoms with Gasteiger partial charge in [0.05, 0.1) is 30.9 Å². The standard InChI is InChI=1S/C10H11ClN4O.C9H11BrClN5O/c11-9-7-5-8(14-10(7)13-6-12-9)15-1-3-16-4-2-15;10-6-7(11)13-5-14-8(6)15-9(12)16-1-3-17-4-2-16/h6H,1-5H2;5H,1-4H2,(H2,12,13,14,15). The van der Waals surface area contributed by atoms with Crippen LogP contribution in [0.4, 0.5) is 11.6 Å². The van der Waals surface area contributed by atoms with Crippen LogP contribution in [-0.4, -0.2) is 94.1 Å². The van der Waals surface area contributed by atoms with Gasteiger partial charge in [-0.25, -0.2) is 24.9 Å². The summed E-state index contributed by atoms with van der Waals surface area (Å²) in [6, 6.07) is 0. The number of ether oxygens (including phenoxy) is 2. The van der Waals surface area contributed by atoms with E-state index in [1.807, 2.05) is 4.90 Å². The van der Waals surface area contributed by atoms with E-state index >= 15 is 0 Å². The molecule has 0 radical (unpaired) electrons. The van der Waals surface area contributed by atoms with Crippen molar-refractivity contribution in [2.75, 3.05) is 52.6 Å². The van der Waals surface area contributed by atoms with Gasteiger partial charge in [0.2, 0.25) is 0 Å². The molecule has 3 aliphatic heterocycles. The zero-order valence-electron chi connectivity index (χ0n) is 17.6. The molecule has 2 aromatic heterocycles. The Morgan fingerprint density at radius 2 is 1.58 bits per heavy atom. The van der Waals surface area contributed by atoms with Gasteiger partial charge in [0.15, 0.2) is 17.6 Å². The number of amidine groups is 1. The first-order chi connectivity index (χ1) is 16.0. The molecule has 0 bridgehead atoms. The molecular weight excluding hydrogens is 537 g/mol. The maximum atomic E-state index is 6.01. The van der Waals surface area contributed by atoms with Crippen LogP contribution >= 0.6 is 39.1 Å². The molecule has 0 unspecified atom stereocenters. The number of aromatic nitrogens is 4. The van der Waals surface area contributed by atoms with Gasteiger partial charge >= 0.3 is 0 Å². The minimum atomic E-state index is 0.313. The van der Waals surface area contributed by atoms with E-state index in [2.05, 4.69) is 50.8 Å². The second-order valence-electron chi connectivity index (χ2n) is 7.14. The Labute approximate surface area is 209 Å². The Morgan fingerprint density at radius 3 is 2.27 bits per heavy atom. The van der Waals surface area contributed by atoms with Crippen molar-refractivity contribution in [2.24, 2.45) is 15.7 Å². The Kier molecular flexibility index (Phi) is 8.25. The average Bonchev–Trinajstić information content (AvgIpc) is 3.30. The first kappa shape index (κ1) is 24.0. The number of halogens is 3. The normalized spacial score (nSPS) is 18.4. The molecule has 5 rings (SSSR count). The third kappa shape index (κ3) is 6.07. The number of rotatable bonds is 1. The molecule has 3 aliphatic rings. The zero-order chi connectivity index (χ0) is 23.2. The van der Waals surface area contributed by atoms with Crippen LogP contribution in [0, 0.1) is 0 Å². The quantitative estimate of drug-likeness (QED) is 0.318. The molecule has 2 N–H and O–H groups in total. The fourth-order valence-electron chi connectivity index (χ4n) is 3.34. The van der Waals surface area contributed by atoms with Crippen LogP contribution in [0.5, 0.6) is 0 Å². The molecule has 0 spiro atoms. The van der Waals surface area contributed by atoms with Gasteiger partial charge in [-0.05, 0) is 15.9 Å². The van der Waals surface area contributed by atoms with Crippen molar-refractivity contribution >= 4 is 62.6 Å². The molecule has 0 amide bonds. The molecule has 11 nitrogen and oxygen atoms in total. The maximum absolute atomic E-state index is 6.01. The molecule has 14 heteroatoms. The lowest BCUT2D eigenvalue weighted by molar-refractivity contribution is 0.0675. The summed E-state index contributed by atoms with van der Waals surface area (Å²) in [4.78, 5) is 28.8. The van der Waals surface area contributed by atoms with Gasteiger partial charge in [0.1, 0.15) is 28.8 Å². The second kappa shape index (κ2) is 11.3. The van der Waals surface area contributed by atoms with Crippen LogP contribution in [0.1, 0.15) is 5.56 Å². The Hall–Kier alpha value is -2.12. The lowest BCUT2D eigenvalue weighted by Gasteiger charge is -2.28. The molecule has 2 saturated heterocycles. The summed E-state index contributed by atoms with van der Waals surface area (Å²) in [6.45, 7) is 6.06. The van der Waals surface area contributed by atoms with E-state index in [9.17, 15) is 0 Å². The monoisotopic (exact) mass is 557 g/mol. The van der Waals surface area contributed by atoms with Crippen molar-refractivity contribution in [2.45, 2.75) is 6.42 Å². The minimum Gasteiger partial charge on any atom is -0.378 e. The number of nitrogens with two attached hydrogens (primary N) is 1. The molecule has 2 aromatic rings. The van der Waals surface area contributed by atoms with Crippen molar-refractivity contribution in [1.82, 2.24) is 29.7 Å². The van der Waals surface area contributed by atoms with E-state index in [1.165, 1.54) is 12.7 Å². The van der Waals surface area contributed by atoms with Gasteiger partial charge in [-0.1, -0.05) is 23.2 Å². The number of aliphatic imine (C=N–C) groups is 2.